The summed E-state index contributed by atoms with van der Waals surface area (Å²) in [6, 6.07) is 3.98. The van der Waals surface area contributed by atoms with Gasteiger partial charge in [0.25, 0.3) is 0 Å². The normalized spacial score (nSPS) is 19.1. The van der Waals surface area contributed by atoms with Crippen molar-refractivity contribution in [3.05, 3.63) is 23.8 Å². The number of rotatable bonds is 3. The summed E-state index contributed by atoms with van der Waals surface area (Å²) in [6.07, 6.45) is -4.69. The van der Waals surface area contributed by atoms with E-state index in [0.717, 1.165) is 13.1 Å². The van der Waals surface area contributed by atoms with Gasteiger partial charge < -0.3 is 20.1 Å². The van der Waals surface area contributed by atoms with Crippen molar-refractivity contribution in [2.45, 2.75) is 12.4 Å². The van der Waals surface area contributed by atoms with E-state index in [1.165, 1.54) is 25.3 Å². The van der Waals surface area contributed by atoms with Gasteiger partial charge in [-0.25, -0.2) is 0 Å². The van der Waals surface area contributed by atoms with Crippen molar-refractivity contribution in [2.24, 2.45) is 0 Å². The first kappa shape index (κ1) is 16.9. The molecule has 0 spiro atoms. The Kier molecular flexibility index (Phi) is 5.91. The van der Waals surface area contributed by atoms with Crippen LogP contribution in [-0.2, 0) is 0 Å². The molecule has 4 nitrogen and oxygen atoms in total. The van der Waals surface area contributed by atoms with Gasteiger partial charge in [0.05, 0.1) is 7.11 Å². The van der Waals surface area contributed by atoms with Gasteiger partial charge in [-0.15, -0.1) is 25.6 Å². The van der Waals surface area contributed by atoms with Gasteiger partial charge in [-0.2, -0.15) is 0 Å². The zero-order valence-electron chi connectivity index (χ0n) is 10.8. The lowest BCUT2D eigenvalue weighted by Gasteiger charge is -2.26. The van der Waals surface area contributed by atoms with Gasteiger partial charge in [0.2, 0.25) is 0 Å². The van der Waals surface area contributed by atoms with E-state index in [9.17, 15) is 13.2 Å². The van der Waals surface area contributed by atoms with Crippen molar-refractivity contribution in [3.63, 3.8) is 0 Å². The summed E-state index contributed by atoms with van der Waals surface area (Å²) in [4.78, 5) is 0. The van der Waals surface area contributed by atoms with Gasteiger partial charge in [0.15, 0.2) is 0 Å². The Hall–Kier alpha value is -1.18. The van der Waals surface area contributed by atoms with Crippen molar-refractivity contribution in [1.82, 2.24) is 10.6 Å². The molecule has 1 aliphatic heterocycles. The van der Waals surface area contributed by atoms with Crippen molar-refractivity contribution in [3.8, 4) is 11.5 Å². The van der Waals surface area contributed by atoms with E-state index in [2.05, 4.69) is 15.4 Å². The summed E-state index contributed by atoms with van der Waals surface area (Å²) < 4.78 is 45.8. The molecule has 0 aliphatic carbocycles. The standard InChI is InChI=1S/C12H15F3N2O2.ClH/c1-18-11-3-2-8(19-12(13,14)15)6-9(11)10-7-16-4-5-17-10;/h2-3,6,10,16-17H,4-5,7H2,1H3;1H/t10-;/m0./s1. The zero-order valence-corrected chi connectivity index (χ0v) is 11.6. The summed E-state index contributed by atoms with van der Waals surface area (Å²) in [5.74, 6) is 0.298. The molecule has 0 aromatic heterocycles. The molecule has 114 valence electrons. The Balaban J connectivity index is 0.00000200. The maximum absolute atomic E-state index is 12.2. The number of nitrogens with one attached hydrogen (secondary N) is 2. The Morgan fingerprint density at radius 3 is 2.55 bits per heavy atom. The van der Waals surface area contributed by atoms with E-state index in [1.54, 1.807) is 0 Å². The second kappa shape index (κ2) is 7.01. The molecular formula is C12H16ClF3N2O2. The Bertz CT molecular complexity index is 437. The summed E-state index contributed by atoms with van der Waals surface area (Å²) in [6.45, 7) is 2.21. The lowest BCUT2D eigenvalue weighted by molar-refractivity contribution is -0.274. The summed E-state index contributed by atoms with van der Waals surface area (Å²) in [5.41, 5.74) is 0.649. The fraction of sp³-hybridized carbons (Fsp3) is 0.500. The second-order valence-corrected chi connectivity index (χ2v) is 4.16. The molecule has 1 aliphatic rings. The third-order valence-electron chi connectivity index (χ3n) is 2.85. The summed E-state index contributed by atoms with van der Waals surface area (Å²) in [7, 11) is 1.49. The van der Waals surface area contributed by atoms with E-state index in [0.29, 0.717) is 17.9 Å². The monoisotopic (exact) mass is 312 g/mol. The molecule has 1 heterocycles. The van der Waals surface area contributed by atoms with Crippen LogP contribution in [0.1, 0.15) is 11.6 Å². The summed E-state index contributed by atoms with van der Waals surface area (Å²) in [5, 5.41) is 6.39. The van der Waals surface area contributed by atoms with Crippen LogP contribution >= 0.6 is 12.4 Å². The SMILES string of the molecule is COc1ccc(OC(F)(F)F)cc1[C@@H]1CNCCN1.Cl. The van der Waals surface area contributed by atoms with Crippen molar-refractivity contribution < 1.29 is 22.6 Å². The van der Waals surface area contributed by atoms with Crippen LogP contribution in [0.15, 0.2) is 18.2 Å². The first-order chi connectivity index (χ1) is 8.99. The fourth-order valence-electron chi connectivity index (χ4n) is 2.06. The number of methoxy groups -OCH3 is 1. The average molecular weight is 313 g/mol. The molecule has 2 rings (SSSR count). The zero-order chi connectivity index (χ0) is 13.9. The van der Waals surface area contributed by atoms with Crippen molar-refractivity contribution in [1.29, 1.82) is 0 Å². The van der Waals surface area contributed by atoms with Gasteiger partial charge in [-0.3, -0.25) is 0 Å². The van der Waals surface area contributed by atoms with Crippen LogP contribution < -0.4 is 20.1 Å². The highest BCUT2D eigenvalue weighted by molar-refractivity contribution is 5.85. The quantitative estimate of drug-likeness (QED) is 0.898. The van der Waals surface area contributed by atoms with Gasteiger partial charge in [0.1, 0.15) is 11.5 Å². The molecule has 0 saturated carbocycles. The van der Waals surface area contributed by atoms with Crippen LogP contribution in [0.5, 0.6) is 11.5 Å². The highest BCUT2D eigenvalue weighted by atomic mass is 35.5. The molecule has 2 N–H and O–H groups in total. The van der Waals surface area contributed by atoms with Gasteiger partial charge in [-0.05, 0) is 18.2 Å². The lowest BCUT2D eigenvalue weighted by Crippen LogP contribution is -2.42. The first-order valence-corrected chi connectivity index (χ1v) is 5.87. The third kappa shape index (κ3) is 4.43. The van der Waals surface area contributed by atoms with Gasteiger partial charge in [0, 0.05) is 31.2 Å². The van der Waals surface area contributed by atoms with E-state index in [-0.39, 0.29) is 24.2 Å². The van der Waals surface area contributed by atoms with Crippen LogP contribution in [0.4, 0.5) is 13.2 Å². The molecule has 1 fully saturated rings. The Morgan fingerprint density at radius 1 is 1.25 bits per heavy atom. The molecular weight excluding hydrogens is 297 g/mol. The highest BCUT2D eigenvalue weighted by Crippen LogP contribution is 2.32. The van der Waals surface area contributed by atoms with Crippen molar-refractivity contribution >= 4 is 12.4 Å². The smallest absolute Gasteiger partial charge is 0.496 e. The number of ether oxygens (including phenoxy) is 2. The summed E-state index contributed by atoms with van der Waals surface area (Å²) >= 11 is 0. The number of hydrogen-bond acceptors (Lipinski definition) is 4. The number of hydrogen-bond donors (Lipinski definition) is 2. The van der Waals surface area contributed by atoms with Crippen LogP contribution in [0.25, 0.3) is 0 Å². The molecule has 0 unspecified atom stereocenters. The minimum atomic E-state index is -4.69. The van der Waals surface area contributed by atoms with E-state index < -0.39 is 6.36 Å². The second-order valence-electron chi connectivity index (χ2n) is 4.16. The maximum atomic E-state index is 12.2. The van der Waals surface area contributed by atoms with Gasteiger partial charge in [-0.1, -0.05) is 0 Å². The maximum Gasteiger partial charge on any atom is 0.573 e. The van der Waals surface area contributed by atoms with Crippen LogP contribution in [0.3, 0.4) is 0 Å². The first-order valence-electron chi connectivity index (χ1n) is 5.87. The number of piperazine rings is 1. The van der Waals surface area contributed by atoms with Crippen molar-refractivity contribution in [2.75, 3.05) is 26.7 Å². The van der Waals surface area contributed by atoms with E-state index in [4.69, 9.17) is 4.74 Å². The molecule has 1 saturated heterocycles. The number of halogens is 4. The lowest BCUT2D eigenvalue weighted by atomic mass is 10.0. The van der Waals surface area contributed by atoms with Gasteiger partial charge >= 0.3 is 6.36 Å². The Labute approximate surface area is 121 Å². The van der Waals surface area contributed by atoms with Crippen LogP contribution in [0, 0.1) is 0 Å². The number of alkyl halides is 3. The largest absolute Gasteiger partial charge is 0.573 e. The Morgan fingerprint density at radius 2 is 2.00 bits per heavy atom. The van der Waals surface area contributed by atoms with E-state index >= 15 is 0 Å². The number of benzene rings is 1. The molecule has 1 aromatic rings. The molecule has 1 atom stereocenters. The third-order valence-corrected chi connectivity index (χ3v) is 2.85. The molecule has 20 heavy (non-hydrogen) atoms. The van der Waals surface area contributed by atoms with E-state index in [1.807, 2.05) is 0 Å². The molecule has 0 amide bonds. The predicted octanol–water partition coefficient (Wildman–Crippen LogP) is 2.25. The topological polar surface area (TPSA) is 42.5 Å². The molecule has 0 radical (unpaired) electrons. The molecule has 1 aromatic carbocycles. The van der Waals surface area contributed by atoms with Crippen LogP contribution in [0.2, 0.25) is 0 Å². The molecule has 8 heteroatoms. The highest BCUT2D eigenvalue weighted by Gasteiger charge is 2.31. The predicted molar refractivity (Wildman–Crippen MR) is 70.5 cm³/mol. The van der Waals surface area contributed by atoms with Crippen LogP contribution in [-0.4, -0.2) is 33.1 Å². The fourth-order valence-corrected chi connectivity index (χ4v) is 2.06. The average Bonchev–Trinajstić information content (AvgIpc) is 2.38. The minimum absolute atomic E-state index is 0. The molecule has 0 bridgehead atoms. The minimum Gasteiger partial charge on any atom is -0.496 e.